The third-order valence-corrected chi connectivity index (χ3v) is 3.71. The van der Waals surface area contributed by atoms with Crippen molar-refractivity contribution in [2.24, 2.45) is 5.92 Å². The molecule has 4 nitrogen and oxygen atoms in total. The summed E-state index contributed by atoms with van der Waals surface area (Å²) in [5.74, 6) is 0.609. The van der Waals surface area contributed by atoms with Crippen molar-refractivity contribution < 1.29 is 14.3 Å². The van der Waals surface area contributed by atoms with E-state index in [0.29, 0.717) is 18.8 Å². The van der Waals surface area contributed by atoms with E-state index in [1.165, 1.54) is 0 Å². The fraction of sp³-hybridized carbons (Fsp3) is 0.846. The molecule has 1 aliphatic carbocycles. The maximum Gasteiger partial charge on any atom is 0.410 e. The van der Waals surface area contributed by atoms with Crippen LogP contribution < -0.4 is 0 Å². The molecular weight excluding hydrogens is 218 g/mol. The van der Waals surface area contributed by atoms with Crippen LogP contribution in [0.25, 0.3) is 0 Å². The van der Waals surface area contributed by atoms with Gasteiger partial charge in [0, 0.05) is 19.5 Å². The Kier molecular flexibility index (Phi) is 3.40. The molecule has 0 radical (unpaired) electrons. The third kappa shape index (κ3) is 2.79. The minimum Gasteiger partial charge on any atom is -0.435 e. The quantitative estimate of drug-likeness (QED) is 0.740. The molecule has 0 aromatic carbocycles. The van der Waals surface area contributed by atoms with Crippen LogP contribution in [0.3, 0.4) is 0 Å². The molecule has 1 heterocycles. The van der Waals surface area contributed by atoms with E-state index < -0.39 is 5.60 Å². The average Bonchev–Trinajstić information content (AvgIpc) is 2.96. The van der Waals surface area contributed by atoms with Crippen LogP contribution in [0.1, 0.15) is 46.0 Å². The standard InChI is InChI=1S/C13H21NO3/c1-3-11(15)13(2,9-10-5-6-10)17-12(16)14-7-4-8-14/h10H,3-9H2,1-2H3/t13-/m1/s1. The maximum atomic E-state index is 12.0. The minimum absolute atomic E-state index is 0.0401. The number of hydrogen-bond acceptors (Lipinski definition) is 3. The van der Waals surface area contributed by atoms with E-state index in [1.807, 2.05) is 6.92 Å². The molecule has 1 amide bonds. The number of carbonyl (C=O) groups excluding carboxylic acids is 2. The van der Waals surface area contributed by atoms with Gasteiger partial charge in [-0.3, -0.25) is 4.79 Å². The monoisotopic (exact) mass is 239 g/mol. The Hall–Kier alpha value is -1.06. The second kappa shape index (κ2) is 4.67. The van der Waals surface area contributed by atoms with Gasteiger partial charge in [0.15, 0.2) is 11.4 Å². The highest BCUT2D eigenvalue weighted by Gasteiger charge is 2.42. The predicted molar refractivity (Wildman–Crippen MR) is 63.7 cm³/mol. The van der Waals surface area contributed by atoms with Crippen molar-refractivity contribution in [1.29, 1.82) is 0 Å². The third-order valence-electron chi connectivity index (χ3n) is 3.71. The van der Waals surface area contributed by atoms with Crippen LogP contribution in [-0.2, 0) is 9.53 Å². The Bertz CT molecular complexity index is 321. The summed E-state index contributed by atoms with van der Waals surface area (Å²) < 4.78 is 5.48. The van der Waals surface area contributed by atoms with Gasteiger partial charge in [-0.1, -0.05) is 19.8 Å². The van der Waals surface area contributed by atoms with Crippen molar-refractivity contribution in [2.75, 3.05) is 13.1 Å². The van der Waals surface area contributed by atoms with Gasteiger partial charge in [0.2, 0.25) is 0 Å². The summed E-state index contributed by atoms with van der Waals surface area (Å²) in [6.07, 6.45) is 4.16. The van der Waals surface area contributed by atoms with Crippen LogP contribution in [0.2, 0.25) is 0 Å². The number of carbonyl (C=O) groups is 2. The summed E-state index contributed by atoms with van der Waals surface area (Å²) >= 11 is 0. The molecule has 1 atom stereocenters. The van der Waals surface area contributed by atoms with E-state index in [-0.39, 0.29) is 11.9 Å². The molecule has 2 aliphatic rings. The first kappa shape index (κ1) is 12.4. The van der Waals surface area contributed by atoms with Gasteiger partial charge in [0.25, 0.3) is 0 Å². The Labute approximate surface area is 102 Å². The fourth-order valence-corrected chi connectivity index (χ4v) is 2.22. The molecule has 1 saturated carbocycles. The zero-order valence-electron chi connectivity index (χ0n) is 10.7. The summed E-state index contributed by atoms with van der Waals surface area (Å²) in [6.45, 7) is 5.12. The van der Waals surface area contributed by atoms with E-state index in [1.54, 1.807) is 11.8 Å². The van der Waals surface area contributed by atoms with Gasteiger partial charge in [-0.25, -0.2) is 4.79 Å². The number of ketones is 1. The first-order valence-electron chi connectivity index (χ1n) is 6.56. The van der Waals surface area contributed by atoms with E-state index >= 15 is 0 Å². The fourth-order valence-electron chi connectivity index (χ4n) is 2.22. The Morgan fingerprint density at radius 2 is 2.00 bits per heavy atom. The molecule has 0 N–H and O–H groups in total. The van der Waals surface area contributed by atoms with Crippen molar-refractivity contribution in [3.05, 3.63) is 0 Å². The topological polar surface area (TPSA) is 46.6 Å². The molecule has 1 aliphatic heterocycles. The zero-order chi connectivity index (χ0) is 12.5. The highest BCUT2D eigenvalue weighted by atomic mass is 16.6. The van der Waals surface area contributed by atoms with Gasteiger partial charge in [0.1, 0.15) is 0 Å². The summed E-state index contributed by atoms with van der Waals surface area (Å²) in [5, 5.41) is 0. The number of nitrogens with zero attached hydrogens (tertiary/aromatic N) is 1. The minimum atomic E-state index is -0.900. The van der Waals surface area contributed by atoms with Gasteiger partial charge in [-0.05, 0) is 25.7 Å². The van der Waals surface area contributed by atoms with E-state index in [0.717, 1.165) is 32.4 Å². The summed E-state index contributed by atoms with van der Waals surface area (Å²) in [7, 11) is 0. The maximum absolute atomic E-state index is 12.0. The zero-order valence-corrected chi connectivity index (χ0v) is 10.7. The summed E-state index contributed by atoms with van der Waals surface area (Å²) in [4.78, 5) is 25.4. The first-order chi connectivity index (χ1) is 8.05. The highest BCUT2D eigenvalue weighted by Crippen LogP contribution is 2.39. The first-order valence-corrected chi connectivity index (χ1v) is 6.56. The van der Waals surface area contributed by atoms with Gasteiger partial charge < -0.3 is 9.64 Å². The van der Waals surface area contributed by atoms with Crippen molar-refractivity contribution >= 4 is 11.9 Å². The van der Waals surface area contributed by atoms with Gasteiger partial charge >= 0.3 is 6.09 Å². The second-order valence-corrected chi connectivity index (χ2v) is 5.36. The number of amides is 1. The number of rotatable bonds is 5. The molecule has 0 aromatic heterocycles. The van der Waals surface area contributed by atoms with Gasteiger partial charge in [-0.15, -0.1) is 0 Å². The van der Waals surface area contributed by atoms with Crippen LogP contribution in [-0.4, -0.2) is 35.5 Å². The molecule has 0 aromatic rings. The van der Waals surface area contributed by atoms with Crippen LogP contribution >= 0.6 is 0 Å². The second-order valence-electron chi connectivity index (χ2n) is 5.36. The molecule has 0 spiro atoms. The molecular formula is C13H21NO3. The number of hydrogen-bond donors (Lipinski definition) is 0. The Morgan fingerprint density at radius 1 is 1.35 bits per heavy atom. The molecule has 0 bridgehead atoms. The lowest BCUT2D eigenvalue weighted by atomic mass is 9.92. The normalized spacial score (nSPS) is 22.6. The summed E-state index contributed by atoms with van der Waals surface area (Å²) in [6, 6.07) is 0. The number of Topliss-reactive ketones (excluding diaryl/α,β-unsaturated/α-hetero) is 1. The molecule has 96 valence electrons. The molecule has 2 rings (SSSR count). The van der Waals surface area contributed by atoms with Crippen molar-refractivity contribution in [3.63, 3.8) is 0 Å². The van der Waals surface area contributed by atoms with Crippen LogP contribution in [0.5, 0.6) is 0 Å². The van der Waals surface area contributed by atoms with Crippen LogP contribution in [0.4, 0.5) is 4.79 Å². The number of likely N-dealkylation sites (tertiary alicyclic amines) is 1. The Morgan fingerprint density at radius 3 is 2.41 bits per heavy atom. The van der Waals surface area contributed by atoms with Crippen molar-refractivity contribution in [1.82, 2.24) is 4.90 Å². The molecule has 2 fully saturated rings. The predicted octanol–water partition coefficient (Wildman–Crippen LogP) is 2.37. The highest BCUT2D eigenvalue weighted by molar-refractivity contribution is 5.89. The SMILES string of the molecule is CCC(=O)[C@@](C)(CC1CC1)OC(=O)N1CCC1. The van der Waals surface area contributed by atoms with E-state index in [2.05, 4.69) is 0 Å². The smallest absolute Gasteiger partial charge is 0.410 e. The Balaban J connectivity index is 1.97. The van der Waals surface area contributed by atoms with Crippen molar-refractivity contribution in [2.45, 2.75) is 51.6 Å². The lowest BCUT2D eigenvalue weighted by molar-refractivity contribution is -0.138. The van der Waals surface area contributed by atoms with Crippen LogP contribution in [0, 0.1) is 5.92 Å². The van der Waals surface area contributed by atoms with Gasteiger partial charge in [-0.2, -0.15) is 0 Å². The average molecular weight is 239 g/mol. The van der Waals surface area contributed by atoms with Crippen LogP contribution in [0.15, 0.2) is 0 Å². The lowest BCUT2D eigenvalue weighted by Crippen LogP contribution is -2.49. The summed E-state index contributed by atoms with van der Waals surface area (Å²) in [5.41, 5.74) is -0.900. The van der Waals surface area contributed by atoms with E-state index in [9.17, 15) is 9.59 Å². The lowest BCUT2D eigenvalue weighted by Gasteiger charge is -2.35. The molecule has 17 heavy (non-hydrogen) atoms. The van der Waals surface area contributed by atoms with Gasteiger partial charge in [0.05, 0.1) is 0 Å². The molecule has 1 saturated heterocycles. The van der Waals surface area contributed by atoms with Crippen molar-refractivity contribution in [3.8, 4) is 0 Å². The molecule has 4 heteroatoms. The largest absolute Gasteiger partial charge is 0.435 e. The number of ether oxygens (including phenoxy) is 1. The van der Waals surface area contributed by atoms with E-state index in [4.69, 9.17) is 4.74 Å². The molecule has 0 unspecified atom stereocenters.